The van der Waals surface area contributed by atoms with Crippen molar-refractivity contribution in [3.05, 3.63) is 29.8 Å². The number of hydrogen-bond acceptors (Lipinski definition) is 3. The summed E-state index contributed by atoms with van der Waals surface area (Å²) in [6, 6.07) is 7.04. The van der Waals surface area contributed by atoms with E-state index in [0.29, 0.717) is 11.3 Å². The molecule has 1 aromatic rings. The zero-order valence-electron chi connectivity index (χ0n) is 12.1. The van der Waals surface area contributed by atoms with Crippen LogP contribution in [-0.2, 0) is 11.2 Å². The maximum atomic E-state index is 12.9. The molecular weight excluding hydrogens is 302 g/mol. The summed E-state index contributed by atoms with van der Waals surface area (Å²) in [6.07, 6.45) is -0.0374. The molecule has 21 heavy (non-hydrogen) atoms. The van der Waals surface area contributed by atoms with Crippen LogP contribution in [0.3, 0.4) is 0 Å². The minimum absolute atomic E-state index is 0. The van der Waals surface area contributed by atoms with E-state index in [1.54, 1.807) is 24.3 Å². The summed E-state index contributed by atoms with van der Waals surface area (Å²) in [5.41, 5.74) is 5.56. The van der Waals surface area contributed by atoms with Crippen LogP contribution >= 0.6 is 12.4 Å². The fourth-order valence-corrected chi connectivity index (χ4v) is 1.55. The molecular formula is C14H21ClF2N2O2. The zero-order chi connectivity index (χ0) is 15.2. The van der Waals surface area contributed by atoms with Gasteiger partial charge >= 0.3 is 0 Å². The monoisotopic (exact) mass is 322 g/mol. The molecule has 0 unspecified atom stereocenters. The minimum atomic E-state index is -3.08. The molecule has 7 heteroatoms. The van der Waals surface area contributed by atoms with Crippen LogP contribution in [0.5, 0.6) is 5.75 Å². The number of carbonyl (C=O) groups is 1. The van der Waals surface area contributed by atoms with Gasteiger partial charge in [-0.15, -0.1) is 12.4 Å². The van der Waals surface area contributed by atoms with Gasteiger partial charge in [0, 0.05) is 5.56 Å². The van der Waals surface area contributed by atoms with E-state index in [4.69, 9.17) is 10.5 Å². The molecule has 1 amide bonds. The lowest BCUT2D eigenvalue weighted by Crippen LogP contribution is -2.42. The number of amides is 1. The maximum Gasteiger partial charge on any atom is 0.277 e. The van der Waals surface area contributed by atoms with Crippen LogP contribution in [0.1, 0.15) is 19.4 Å². The van der Waals surface area contributed by atoms with Crippen molar-refractivity contribution in [2.75, 3.05) is 13.1 Å². The molecule has 4 nitrogen and oxygen atoms in total. The Balaban J connectivity index is 0.00000400. The van der Waals surface area contributed by atoms with Crippen molar-refractivity contribution in [1.29, 1.82) is 0 Å². The van der Waals surface area contributed by atoms with Gasteiger partial charge in [-0.1, -0.05) is 18.2 Å². The second kappa shape index (κ2) is 8.79. The lowest BCUT2D eigenvalue weighted by atomic mass is 10.1. The average Bonchev–Trinajstić information content (AvgIpc) is 2.38. The predicted octanol–water partition coefficient (Wildman–Crippen LogP) is 2.15. The highest BCUT2D eigenvalue weighted by Gasteiger charge is 2.27. The largest absolute Gasteiger partial charge is 0.491 e. The molecule has 0 heterocycles. The Hall–Kier alpha value is -1.40. The van der Waals surface area contributed by atoms with Gasteiger partial charge in [-0.2, -0.15) is 0 Å². The van der Waals surface area contributed by atoms with E-state index < -0.39 is 24.9 Å². The first-order valence-corrected chi connectivity index (χ1v) is 6.43. The molecule has 1 rings (SSSR count). The Morgan fingerprint density at radius 2 is 2.00 bits per heavy atom. The van der Waals surface area contributed by atoms with Gasteiger partial charge < -0.3 is 15.8 Å². The lowest BCUT2D eigenvalue weighted by molar-refractivity contribution is -0.122. The predicted molar refractivity (Wildman–Crippen MR) is 80.2 cm³/mol. The summed E-state index contributed by atoms with van der Waals surface area (Å²) in [6.45, 7) is 2.20. The summed E-state index contributed by atoms with van der Waals surface area (Å²) < 4.78 is 31.4. The average molecular weight is 323 g/mol. The van der Waals surface area contributed by atoms with Gasteiger partial charge in [0.25, 0.3) is 5.92 Å². The third-order valence-corrected chi connectivity index (χ3v) is 2.53. The normalized spacial score (nSPS) is 11.0. The van der Waals surface area contributed by atoms with Crippen LogP contribution in [0.25, 0.3) is 0 Å². The van der Waals surface area contributed by atoms with Crippen molar-refractivity contribution in [1.82, 2.24) is 5.32 Å². The fraction of sp³-hybridized carbons (Fsp3) is 0.500. The first kappa shape index (κ1) is 19.6. The van der Waals surface area contributed by atoms with Crippen molar-refractivity contribution >= 4 is 18.3 Å². The number of benzene rings is 1. The molecule has 0 radical (unpaired) electrons. The second-order valence-corrected chi connectivity index (χ2v) is 4.79. The van der Waals surface area contributed by atoms with Crippen LogP contribution in [0.15, 0.2) is 24.3 Å². The molecule has 0 spiro atoms. The van der Waals surface area contributed by atoms with Gasteiger partial charge in [0.1, 0.15) is 5.75 Å². The topological polar surface area (TPSA) is 64.3 Å². The molecule has 1 aromatic carbocycles. The number of nitrogens with two attached hydrogens (primary N) is 1. The van der Waals surface area contributed by atoms with Crippen molar-refractivity contribution in [3.63, 3.8) is 0 Å². The van der Waals surface area contributed by atoms with E-state index in [9.17, 15) is 13.6 Å². The summed E-state index contributed by atoms with van der Waals surface area (Å²) in [5.74, 6) is -2.98. The Labute approximate surface area is 129 Å². The SMILES string of the molecule is CC(C)Oc1ccccc1CC(=O)NCC(F)(F)CN.Cl. The van der Waals surface area contributed by atoms with Gasteiger partial charge in [0.05, 0.1) is 25.6 Å². The molecule has 120 valence electrons. The van der Waals surface area contributed by atoms with Crippen molar-refractivity contribution < 1.29 is 18.3 Å². The first-order valence-electron chi connectivity index (χ1n) is 6.43. The van der Waals surface area contributed by atoms with E-state index in [1.807, 2.05) is 13.8 Å². The number of halogens is 3. The van der Waals surface area contributed by atoms with E-state index in [-0.39, 0.29) is 24.9 Å². The van der Waals surface area contributed by atoms with Crippen LogP contribution in [-0.4, -0.2) is 31.0 Å². The molecule has 0 saturated heterocycles. The third-order valence-electron chi connectivity index (χ3n) is 2.53. The number of ether oxygens (including phenoxy) is 1. The molecule has 0 atom stereocenters. The fourth-order valence-electron chi connectivity index (χ4n) is 1.55. The molecule has 0 saturated carbocycles. The lowest BCUT2D eigenvalue weighted by Gasteiger charge is -2.16. The van der Waals surface area contributed by atoms with Gasteiger partial charge in [0.2, 0.25) is 5.91 Å². The maximum absolute atomic E-state index is 12.9. The Morgan fingerprint density at radius 3 is 2.57 bits per heavy atom. The first-order chi connectivity index (χ1) is 9.34. The highest BCUT2D eigenvalue weighted by molar-refractivity contribution is 5.85. The van der Waals surface area contributed by atoms with Gasteiger partial charge in [-0.3, -0.25) is 4.79 Å². The van der Waals surface area contributed by atoms with E-state index in [2.05, 4.69) is 5.32 Å². The smallest absolute Gasteiger partial charge is 0.277 e. The number of rotatable bonds is 7. The molecule has 0 bridgehead atoms. The number of alkyl halides is 2. The van der Waals surface area contributed by atoms with Crippen molar-refractivity contribution in [3.8, 4) is 5.75 Å². The molecule has 3 N–H and O–H groups in total. The van der Waals surface area contributed by atoms with Crippen molar-refractivity contribution in [2.24, 2.45) is 5.73 Å². The van der Waals surface area contributed by atoms with E-state index >= 15 is 0 Å². The van der Waals surface area contributed by atoms with Crippen LogP contribution in [0, 0.1) is 0 Å². The molecule has 0 fully saturated rings. The summed E-state index contributed by atoms with van der Waals surface area (Å²) in [4.78, 5) is 11.7. The third kappa shape index (κ3) is 7.24. The number of nitrogens with one attached hydrogen (secondary N) is 1. The van der Waals surface area contributed by atoms with Gasteiger partial charge in [-0.25, -0.2) is 8.78 Å². The van der Waals surface area contributed by atoms with Crippen LogP contribution in [0.4, 0.5) is 8.78 Å². The molecule has 0 aliphatic carbocycles. The Bertz CT molecular complexity index is 456. The summed E-state index contributed by atoms with van der Waals surface area (Å²) in [7, 11) is 0. The Kier molecular flexibility index (Phi) is 8.21. The quantitative estimate of drug-likeness (QED) is 0.808. The zero-order valence-corrected chi connectivity index (χ0v) is 12.9. The highest BCUT2D eigenvalue weighted by atomic mass is 35.5. The van der Waals surface area contributed by atoms with E-state index in [1.165, 1.54) is 0 Å². The van der Waals surface area contributed by atoms with Crippen molar-refractivity contribution in [2.45, 2.75) is 32.3 Å². The van der Waals surface area contributed by atoms with Gasteiger partial charge in [-0.05, 0) is 19.9 Å². The number of hydrogen-bond donors (Lipinski definition) is 2. The second-order valence-electron chi connectivity index (χ2n) is 4.79. The van der Waals surface area contributed by atoms with Crippen LogP contribution in [0.2, 0.25) is 0 Å². The summed E-state index contributed by atoms with van der Waals surface area (Å²) in [5, 5.41) is 2.18. The number of carbonyl (C=O) groups excluding carboxylic acids is 1. The number of para-hydroxylation sites is 1. The van der Waals surface area contributed by atoms with E-state index in [0.717, 1.165) is 0 Å². The molecule has 0 aliphatic rings. The van der Waals surface area contributed by atoms with Gasteiger partial charge in [0.15, 0.2) is 0 Å². The standard InChI is InChI=1S/C14H20F2N2O2.ClH/c1-10(2)20-12-6-4-3-5-11(12)7-13(19)18-9-14(15,16)8-17;/h3-6,10H,7-9,17H2,1-2H3,(H,18,19);1H. The molecule has 0 aliphatic heterocycles. The molecule has 0 aromatic heterocycles. The summed E-state index contributed by atoms with van der Waals surface area (Å²) >= 11 is 0. The van der Waals surface area contributed by atoms with Crippen LogP contribution < -0.4 is 15.8 Å². The Morgan fingerprint density at radius 1 is 1.38 bits per heavy atom. The minimum Gasteiger partial charge on any atom is -0.491 e. The highest BCUT2D eigenvalue weighted by Crippen LogP contribution is 2.20.